The normalized spacial score (nSPS) is 11.1. The molecule has 0 aromatic heterocycles. The van der Waals surface area contributed by atoms with Gasteiger partial charge >= 0.3 is 0 Å². The molecule has 4 nitrogen and oxygen atoms in total. The van der Waals surface area contributed by atoms with Crippen molar-refractivity contribution in [3.63, 3.8) is 0 Å². The Balaban J connectivity index is 1.93. The molecule has 0 aliphatic heterocycles. The molecule has 2 aromatic carbocycles. The number of hydrogen-bond donors (Lipinski definition) is 1. The van der Waals surface area contributed by atoms with Crippen molar-refractivity contribution in [3.8, 4) is 5.75 Å². The molecule has 0 spiro atoms. The van der Waals surface area contributed by atoms with Gasteiger partial charge in [-0.2, -0.15) is 5.10 Å². The topological polar surface area (TPSA) is 50.7 Å². The van der Waals surface area contributed by atoms with Crippen molar-refractivity contribution in [1.82, 2.24) is 5.43 Å². The lowest BCUT2D eigenvalue weighted by Crippen LogP contribution is -2.21. The molecule has 2 rings (SSSR count). The Labute approximate surface area is 128 Å². The third-order valence-electron chi connectivity index (χ3n) is 3.13. The largest absolute Gasteiger partial charge is 0.497 e. The predicted molar refractivity (Wildman–Crippen MR) is 83.5 cm³/mol. The zero-order valence-electron chi connectivity index (χ0n) is 12.5. The Morgan fingerprint density at radius 3 is 2.36 bits per heavy atom. The second kappa shape index (κ2) is 7.36. The fraction of sp³-hybridized carbons (Fsp3) is 0.176. The van der Waals surface area contributed by atoms with E-state index in [2.05, 4.69) is 10.5 Å². The van der Waals surface area contributed by atoms with Crippen LogP contribution in [0.4, 0.5) is 4.39 Å². The SMILES string of the molecule is COc1ccc(CC(=O)NN=C(C)c2ccc(F)cc2)cc1. The fourth-order valence-electron chi connectivity index (χ4n) is 1.87. The lowest BCUT2D eigenvalue weighted by molar-refractivity contribution is -0.120. The summed E-state index contributed by atoms with van der Waals surface area (Å²) in [7, 11) is 1.59. The second-order valence-corrected chi connectivity index (χ2v) is 4.76. The molecule has 114 valence electrons. The third kappa shape index (κ3) is 4.41. The van der Waals surface area contributed by atoms with Gasteiger partial charge < -0.3 is 4.74 Å². The van der Waals surface area contributed by atoms with Gasteiger partial charge in [-0.25, -0.2) is 9.82 Å². The van der Waals surface area contributed by atoms with Crippen molar-refractivity contribution in [1.29, 1.82) is 0 Å². The molecular formula is C17H17FN2O2. The molecule has 0 saturated carbocycles. The maximum atomic E-state index is 12.8. The predicted octanol–water partition coefficient (Wildman–Crippen LogP) is 2.92. The van der Waals surface area contributed by atoms with Crippen LogP contribution in [0.2, 0.25) is 0 Å². The third-order valence-corrected chi connectivity index (χ3v) is 3.13. The molecule has 0 unspecified atom stereocenters. The van der Waals surface area contributed by atoms with Crippen LogP contribution in [-0.4, -0.2) is 18.7 Å². The van der Waals surface area contributed by atoms with E-state index < -0.39 is 0 Å². The number of halogens is 1. The second-order valence-electron chi connectivity index (χ2n) is 4.76. The number of hydrazone groups is 1. The molecule has 2 aromatic rings. The Hall–Kier alpha value is -2.69. The Bertz CT molecular complexity index is 664. The summed E-state index contributed by atoms with van der Waals surface area (Å²) >= 11 is 0. The minimum absolute atomic E-state index is 0.216. The molecule has 0 aliphatic rings. The molecule has 1 amide bonds. The van der Waals surface area contributed by atoms with E-state index in [-0.39, 0.29) is 18.1 Å². The van der Waals surface area contributed by atoms with Gasteiger partial charge in [0.25, 0.3) is 0 Å². The maximum absolute atomic E-state index is 12.8. The molecule has 0 bridgehead atoms. The van der Waals surface area contributed by atoms with Gasteiger partial charge in [0.1, 0.15) is 11.6 Å². The van der Waals surface area contributed by atoms with E-state index in [1.807, 2.05) is 12.1 Å². The van der Waals surface area contributed by atoms with Gasteiger partial charge in [-0.3, -0.25) is 4.79 Å². The molecule has 0 heterocycles. The van der Waals surface area contributed by atoms with Crippen molar-refractivity contribution in [2.75, 3.05) is 7.11 Å². The highest BCUT2D eigenvalue weighted by atomic mass is 19.1. The summed E-state index contributed by atoms with van der Waals surface area (Å²) in [6.45, 7) is 1.75. The van der Waals surface area contributed by atoms with Crippen molar-refractivity contribution in [2.45, 2.75) is 13.3 Å². The van der Waals surface area contributed by atoms with Crippen molar-refractivity contribution in [3.05, 3.63) is 65.5 Å². The highest BCUT2D eigenvalue weighted by Gasteiger charge is 2.04. The van der Waals surface area contributed by atoms with Crippen molar-refractivity contribution in [2.24, 2.45) is 5.10 Å². The monoisotopic (exact) mass is 300 g/mol. The average Bonchev–Trinajstić information content (AvgIpc) is 2.54. The van der Waals surface area contributed by atoms with Gasteiger partial charge in [-0.15, -0.1) is 0 Å². The Kier molecular flexibility index (Phi) is 5.25. The summed E-state index contributed by atoms with van der Waals surface area (Å²) in [6.07, 6.45) is 0.226. The zero-order valence-corrected chi connectivity index (χ0v) is 12.5. The first-order valence-electron chi connectivity index (χ1n) is 6.80. The average molecular weight is 300 g/mol. The highest BCUT2D eigenvalue weighted by molar-refractivity contribution is 5.99. The van der Waals surface area contributed by atoms with Crippen LogP contribution in [0, 0.1) is 5.82 Å². The lowest BCUT2D eigenvalue weighted by atomic mass is 10.1. The fourth-order valence-corrected chi connectivity index (χ4v) is 1.87. The maximum Gasteiger partial charge on any atom is 0.244 e. The van der Waals surface area contributed by atoms with Gasteiger partial charge in [0.15, 0.2) is 0 Å². The Morgan fingerprint density at radius 2 is 1.77 bits per heavy atom. The van der Waals surface area contributed by atoms with Gasteiger partial charge in [0.05, 0.1) is 19.2 Å². The Morgan fingerprint density at radius 1 is 1.14 bits per heavy atom. The van der Waals surface area contributed by atoms with Gasteiger partial charge in [0, 0.05) is 0 Å². The minimum atomic E-state index is -0.305. The number of amides is 1. The van der Waals surface area contributed by atoms with Gasteiger partial charge in [-0.05, 0) is 42.3 Å². The van der Waals surface area contributed by atoms with Crippen LogP contribution in [0.1, 0.15) is 18.1 Å². The number of hydrogen-bond acceptors (Lipinski definition) is 3. The van der Waals surface area contributed by atoms with Crippen LogP contribution >= 0.6 is 0 Å². The molecule has 5 heteroatoms. The summed E-state index contributed by atoms with van der Waals surface area (Å²) in [5.41, 5.74) is 4.73. The first kappa shape index (κ1) is 15.7. The molecule has 1 N–H and O–H groups in total. The van der Waals surface area contributed by atoms with Crippen LogP contribution in [0.5, 0.6) is 5.75 Å². The lowest BCUT2D eigenvalue weighted by Gasteiger charge is -2.04. The van der Waals surface area contributed by atoms with Gasteiger partial charge in [-0.1, -0.05) is 24.3 Å². The van der Waals surface area contributed by atoms with Crippen LogP contribution in [0.15, 0.2) is 53.6 Å². The number of benzene rings is 2. The molecule has 0 aliphatic carbocycles. The highest BCUT2D eigenvalue weighted by Crippen LogP contribution is 2.11. The van der Waals surface area contributed by atoms with E-state index in [9.17, 15) is 9.18 Å². The number of carbonyl (C=O) groups excluding carboxylic acids is 1. The first-order chi connectivity index (χ1) is 10.6. The van der Waals surface area contributed by atoms with Crippen molar-refractivity contribution >= 4 is 11.6 Å². The van der Waals surface area contributed by atoms with E-state index in [4.69, 9.17) is 4.74 Å². The summed E-state index contributed by atoms with van der Waals surface area (Å²) < 4.78 is 17.9. The molecule has 0 atom stereocenters. The van der Waals surface area contributed by atoms with E-state index in [1.54, 1.807) is 38.3 Å². The molecule has 22 heavy (non-hydrogen) atoms. The number of carbonyl (C=O) groups is 1. The van der Waals surface area contributed by atoms with Crippen LogP contribution < -0.4 is 10.2 Å². The van der Waals surface area contributed by atoms with Crippen LogP contribution in [0.25, 0.3) is 0 Å². The van der Waals surface area contributed by atoms with E-state index >= 15 is 0 Å². The summed E-state index contributed by atoms with van der Waals surface area (Å²) in [6, 6.07) is 13.2. The first-order valence-corrected chi connectivity index (χ1v) is 6.80. The van der Waals surface area contributed by atoms with E-state index in [0.29, 0.717) is 5.71 Å². The summed E-state index contributed by atoms with van der Waals surface area (Å²) in [4.78, 5) is 11.8. The molecular weight excluding hydrogens is 283 g/mol. The van der Waals surface area contributed by atoms with E-state index in [0.717, 1.165) is 16.9 Å². The number of methoxy groups -OCH3 is 1. The van der Waals surface area contributed by atoms with Crippen LogP contribution in [0.3, 0.4) is 0 Å². The minimum Gasteiger partial charge on any atom is -0.497 e. The summed E-state index contributed by atoms with van der Waals surface area (Å²) in [5.74, 6) is 0.223. The van der Waals surface area contributed by atoms with E-state index in [1.165, 1.54) is 12.1 Å². The number of ether oxygens (including phenoxy) is 1. The number of nitrogens with one attached hydrogen (secondary N) is 1. The van der Waals surface area contributed by atoms with Crippen LogP contribution in [-0.2, 0) is 11.2 Å². The number of rotatable bonds is 5. The molecule has 0 radical (unpaired) electrons. The smallest absolute Gasteiger partial charge is 0.244 e. The molecule has 0 fully saturated rings. The van der Waals surface area contributed by atoms with Gasteiger partial charge in [0.2, 0.25) is 5.91 Å². The molecule has 0 saturated heterocycles. The quantitative estimate of drug-likeness (QED) is 0.682. The van der Waals surface area contributed by atoms with Crippen molar-refractivity contribution < 1.29 is 13.9 Å². The zero-order chi connectivity index (χ0) is 15.9. The summed E-state index contributed by atoms with van der Waals surface area (Å²) in [5, 5.41) is 4.02. The standard InChI is InChI=1S/C17H17FN2O2/c1-12(14-5-7-15(18)8-6-14)19-20-17(21)11-13-3-9-16(22-2)10-4-13/h3-10H,11H2,1-2H3,(H,20,21). The number of nitrogens with zero attached hydrogens (tertiary/aromatic N) is 1.